The minimum absolute atomic E-state index is 0.266. The minimum Gasteiger partial charge on any atom is -0.472 e. The van der Waals surface area contributed by atoms with E-state index in [0.717, 1.165) is 17.5 Å². The van der Waals surface area contributed by atoms with Crippen LogP contribution < -0.4 is 4.74 Å². The molecule has 0 spiro atoms. The van der Waals surface area contributed by atoms with Gasteiger partial charge in [-0.05, 0) is 18.1 Å². The summed E-state index contributed by atoms with van der Waals surface area (Å²) in [5.74, 6) is 0.122. The number of aryl methyl sites for hydroxylation is 1. The van der Waals surface area contributed by atoms with Gasteiger partial charge in [0.2, 0.25) is 5.88 Å². The fourth-order valence-corrected chi connectivity index (χ4v) is 2.08. The van der Waals surface area contributed by atoms with Crippen molar-refractivity contribution in [3.63, 3.8) is 0 Å². The predicted molar refractivity (Wildman–Crippen MR) is 80.1 cm³/mol. The fraction of sp³-hybridized carbons (Fsp3) is 0.250. The third-order valence-electron chi connectivity index (χ3n) is 3.19. The molecule has 0 fully saturated rings. The Labute approximate surface area is 123 Å². The number of hydrogen-bond acceptors (Lipinski definition) is 4. The second-order valence-corrected chi connectivity index (χ2v) is 4.39. The van der Waals surface area contributed by atoms with Crippen LogP contribution in [0.5, 0.6) is 5.88 Å². The molecule has 0 unspecified atom stereocenters. The molecule has 0 bridgehead atoms. The van der Waals surface area contributed by atoms with Crippen molar-refractivity contribution in [2.24, 2.45) is 0 Å². The summed E-state index contributed by atoms with van der Waals surface area (Å²) in [6, 6.07) is 7.31. The molecule has 2 aromatic rings. The highest BCUT2D eigenvalue weighted by atomic mass is 16.5. The van der Waals surface area contributed by atoms with Crippen molar-refractivity contribution in [3.8, 4) is 5.88 Å². The van der Waals surface area contributed by atoms with Gasteiger partial charge in [-0.25, -0.2) is 9.48 Å². The molecule has 110 valence electrons. The summed E-state index contributed by atoms with van der Waals surface area (Å²) >= 11 is 0. The van der Waals surface area contributed by atoms with Crippen LogP contribution in [0, 0.1) is 0 Å². The smallest absolute Gasteiger partial charge is 0.338 e. The van der Waals surface area contributed by atoms with E-state index in [2.05, 4.69) is 11.7 Å². The highest BCUT2D eigenvalue weighted by Crippen LogP contribution is 2.19. The van der Waals surface area contributed by atoms with Gasteiger partial charge in [0, 0.05) is 24.0 Å². The van der Waals surface area contributed by atoms with E-state index >= 15 is 0 Å². The number of ether oxygens (including phenoxy) is 2. The van der Waals surface area contributed by atoms with E-state index in [1.807, 2.05) is 19.1 Å². The standard InChI is InChI=1S/C16H18N2O3/c1-4-12-7-6-8-13(16(19)20-3)14(12)11-21-15-9-10-18(5-2)17-15/h5-10H,2,4,11H2,1,3H3. The molecule has 1 heterocycles. The molecule has 0 atom stereocenters. The van der Waals surface area contributed by atoms with Crippen LogP contribution in [-0.4, -0.2) is 22.9 Å². The Bertz CT molecular complexity index is 647. The lowest BCUT2D eigenvalue weighted by Crippen LogP contribution is -2.10. The summed E-state index contributed by atoms with van der Waals surface area (Å²) in [5, 5.41) is 4.15. The van der Waals surface area contributed by atoms with Crippen LogP contribution in [-0.2, 0) is 17.8 Å². The number of esters is 1. The average molecular weight is 286 g/mol. The first-order valence-electron chi connectivity index (χ1n) is 6.69. The number of rotatable bonds is 6. The number of benzene rings is 1. The Balaban J connectivity index is 2.24. The lowest BCUT2D eigenvalue weighted by atomic mass is 10.00. The largest absolute Gasteiger partial charge is 0.472 e. The van der Waals surface area contributed by atoms with Gasteiger partial charge in [0.1, 0.15) is 6.61 Å². The molecule has 0 N–H and O–H groups in total. The molecule has 1 aromatic heterocycles. The molecular formula is C16H18N2O3. The van der Waals surface area contributed by atoms with E-state index in [1.54, 1.807) is 29.2 Å². The third-order valence-corrected chi connectivity index (χ3v) is 3.19. The summed E-state index contributed by atoms with van der Waals surface area (Å²) in [6.07, 6.45) is 4.13. The average Bonchev–Trinajstić information content (AvgIpc) is 2.99. The zero-order valence-corrected chi connectivity index (χ0v) is 12.2. The summed E-state index contributed by atoms with van der Waals surface area (Å²) < 4.78 is 12.0. The van der Waals surface area contributed by atoms with Crippen LogP contribution in [0.1, 0.15) is 28.4 Å². The predicted octanol–water partition coefficient (Wildman–Crippen LogP) is 2.91. The Kier molecular flexibility index (Phi) is 4.77. The molecule has 0 saturated heterocycles. The van der Waals surface area contributed by atoms with Crippen LogP contribution in [0.4, 0.5) is 0 Å². The van der Waals surface area contributed by atoms with E-state index in [4.69, 9.17) is 9.47 Å². The summed E-state index contributed by atoms with van der Waals surface area (Å²) in [7, 11) is 1.37. The van der Waals surface area contributed by atoms with Gasteiger partial charge in [0.05, 0.1) is 12.7 Å². The van der Waals surface area contributed by atoms with Crippen LogP contribution in [0.3, 0.4) is 0 Å². The van der Waals surface area contributed by atoms with Gasteiger partial charge >= 0.3 is 5.97 Å². The molecule has 5 heteroatoms. The maximum absolute atomic E-state index is 11.9. The highest BCUT2D eigenvalue weighted by Gasteiger charge is 2.15. The van der Waals surface area contributed by atoms with Crippen LogP contribution in [0.25, 0.3) is 6.20 Å². The number of nitrogens with zero attached hydrogens (tertiary/aromatic N) is 2. The van der Waals surface area contributed by atoms with Crippen LogP contribution in [0.2, 0.25) is 0 Å². The maximum Gasteiger partial charge on any atom is 0.338 e. The summed E-state index contributed by atoms with van der Waals surface area (Å²) in [5.41, 5.74) is 2.42. The number of aromatic nitrogens is 2. The second-order valence-electron chi connectivity index (χ2n) is 4.39. The first-order chi connectivity index (χ1) is 10.2. The maximum atomic E-state index is 11.9. The minimum atomic E-state index is -0.361. The number of carbonyl (C=O) groups is 1. The zero-order valence-electron chi connectivity index (χ0n) is 12.2. The Morgan fingerprint density at radius 2 is 2.24 bits per heavy atom. The summed E-state index contributed by atoms with van der Waals surface area (Å²) in [6.45, 7) is 5.92. The SMILES string of the molecule is C=Cn1ccc(OCc2c(CC)cccc2C(=O)OC)n1. The zero-order chi connectivity index (χ0) is 15.2. The fourth-order valence-electron chi connectivity index (χ4n) is 2.08. The van der Waals surface area contributed by atoms with Crippen molar-refractivity contribution in [3.05, 3.63) is 53.7 Å². The van der Waals surface area contributed by atoms with Gasteiger partial charge < -0.3 is 9.47 Å². The van der Waals surface area contributed by atoms with E-state index in [0.29, 0.717) is 11.4 Å². The van der Waals surface area contributed by atoms with Crippen LogP contribution in [0.15, 0.2) is 37.0 Å². The van der Waals surface area contributed by atoms with Crippen molar-refractivity contribution >= 4 is 12.2 Å². The van der Waals surface area contributed by atoms with Gasteiger partial charge in [-0.15, -0.1) is 5.10 Å². The molecule has 0 amide bonds. The van der Waals surface area contributed by atoms with Gasteiger partial charge in [-0.3, -0.25) is 0 Å². The number of hydrogen-bond donors (Lipinski definition) is 0. The molecule has 0 radical (unpaired) electrons. The first-order valence-corrected chi connectivity index (χ1v) is 6.69. The Morgan fingerprint density at radius 3 is 2.86 bits per heavy atom. The van der Waals surface area contributed by atoms with Gasteiger partial charge in [-0.1, -0.05) is 25.6 Å². The van der Waals surface area contributed by atoms with E-state index in [9.17, 15) is 4.79 Å². The molecule has 21 heavy (non-hydrogen) atoms. The van der Waals surface area contributed by atoms with E-state index < -0.39 is 0 Å². The van der Waals surface area contributed by atoms with E-state index in [1.165, 1.54) is 7.11 Å². The molecular weight excluding hydrogens is 268 g/mol. The third kappa shape index (κ3) is 3.31. The highest BCUT2D eigenvalue weighted by molar-refractivity contribution is 5.91. The van der Waals surface area contributed by atoms with Crippen molar-refractivity contribution < 1.29 is 14.3 Å². The molecule has 2 rings (SSSR count). The van der Waals surface area contributed by atoms with Crippen molar-refractivity contribution in [1.82, 2.24) is 9.78 Å². The molecule has 0 aliphatic heterocycles. The number of carbonyl (C=O) groups excluding carboxylic acids is 1. The van der Waals surface area contributed by atoms with E-state index in [-0.39, 0.29) is 12.6 Å². The van der Waals surface area contributed by atoms with Crippen LogP contribution >= 0.6 is 0 Å². The lowest BCUT2D eigenvalue weighted by Gasteiger charge is -2.12. The molecule has 0 aliphatic rings. The Hall–Kier alpha value is -2.56. The second kappa shape index (κ2) is 6.74. The van der Waals surface area contributed by atoms with Crippen molar-refractivity contribution in [1.29, 1.82) is 0 Å². The monoisotopic (exact) mass is 286 g/mol. The van der Waals surface area contributed by atoms with Gasteiger partial charge in [0.25, 0.3) is 0 Å². The first kappa shape index (κ1) is 14.8. The van der Waals surface area contributed by atoms with Crippen molar-refractivity contribution in [2.75, 3.05) is 7.11 Å². The lowest BCUT2D eigenvalue weighted by molar-refractivity contribution is 0.0597. The van der Waals surface area contributed by atoms with Gasteiger partial charge in [-0.2, -0.15) is 0 Å². The molecule has 0 aliphatic carbocycles. The Morgan fingerprint density at radius 1 is 1.43 bits per heavy atom. The number of methoxy groups -OCH3 is 1. The summed E-state index contributed by atoms with van der Waals surface area (Å²) in [4.78, 5) is 11.9. The molecule has 5 nitrogen and oxygen atoms in total. The molecule has 1 aromatic carbocycles. The topological polar surface area (TPSA) is 53.4 Å². The normalized spacial score (nSPS) is 10.2. The quantitative estimate of drug-likeness (QED) is 0.766. The van der Waals surface area contributed by atoms with Gasteiger partial charge in [0.15, 0.2) is 0 Å². The molecule has 0 saturated carbocycles. The van der Waals surface area contributed by atoms with Crippen molar-refractivity contribution in [2.45, 2.75) is 20.0 Å².